The Labute approximate surface area is 115 Å². The molecule has 1 aromatic rings. The first-order valence-electron chi connectivity index (χ1n) is 7.11. The van der Waals surface area contributed by atoms with Crippen molar-refractivity contribution in [2.45, 2.75) is 45.3 Å². The maximum atomic E-state index is 10.1. The van der Waals surface area contributed by atoms with Gasteiger partial charge in [0.2, 0.25) is 0 Å². The number of hydrogen-bond acceptors (Lipinski definition) is 2. The third kappa shape index (κ3) is 2.08. The predicted molar refractivity (Wildman–Crippen MR) is 76.0 cm³/mol. The zero-order valence-corrected chi connectivity index (χ0v) is 11.9. The summed E-state index contributed by atoms with van der Waals surface area (Å²) < 4.78 is 6.38. The van der Waals surface area contributed by atoms with Crippen molar-refractivity contribution in [2.75, 3.05) is 0 Å². The lowest BCUT2D eigenvalue weighted by atomic mass is 9.68. The Bertz CT molecular complexity index is 516. The number of phenols is 1. The number of para-hydroxylation sites is 1. The normalized spacial score (nSPS) is 32.8. The Kier molecular flexibility index (Phi) is 2.94. The number of allylic oxidation sites excluding steroid dienone is 1. The molecule has 2 aliphatic rings. The lowest BCUT2D eigenvalue weighted by Crippen LogP contribution is -2.45. The number of ether oxygens (including phenoxy) is 1. The van der Waals surface area contributed by atoms with E-state index in [1.54, 1.807) is 6.07 Å². The second-order valence-electron chi connectivity index (χ2n) is 6.42. The van der Waals surface area contributed by atoms with Crippen molar-refractivity contribution in [1.82, 2.24) is 0 Å². The minimum atomic E-state index is -0.124. The molecule has 1 aromatic carbocycles. The van der Waals surface area contributed by atoms with Gasteiger partial charge in [0.05, 0.1) is 11.7 Å². The molecule has 1 fully saturated rings. The molecule has 1 saturated heterocycles. The Morgan fingerprint density at radius 1 is 1.26 bits per heavy atom. The van der Waals surface area contributed by atoms with E-state index in [2.05, 4.69) is 26.8 Å². The number of aromatic hydroxyl groups is 1. The first-order valence-corrected chi connectivity index (χ1v) is 7.11. The second-order valence-corrected chi connectivity index (χ2v) is 6.42. The Balaban J connectivity index is 2.03. The summed E-state index contributed by atoms with van der Waals surface area (Å²) in [7, 11) is 0. The monoisotopic (exact) mass is 258 g/mol. The van der Waals surface area contributed by atoms with Gasteiger partial charge in [0, 0.05) is 11.5 Å². The van der Waals surface area contributed by atoms with Crippen LogP contribution in [0.5, 0.6) is 5.75 Å². The van der Waals surface area contributed by atoms with Gasteiger partial charge < -0.3 is 9.84 Å². The van der Waals surface area contributed by atoms with E-state index in [4.69, 9.17) is 4.74 Å². The molecule has 0 spiro atoms. The zero-order valence-electron chi connectivity index (χ0n) is 11.9. The van der Waals surface area contributed by atoms with Crippen molar-refractivity contribution < 1.29 is 9.84 Å². The van der Waals surface area contributed by atoms with E-state index in [1.165, 1.54) is 5.57 Å². The molecule has 1 N–H and O–H groups in total. The van der Waals surface area contributed by atoms with Gasteiger partial charge >= 0.3 is 0 Å². The molecular weight excluding hydrogens is 236 g/mol. The van der Waals surface area contributed by atoms with Gasteiger partial charge in [-0.1, -0.05) is 29.8 Å². The van der Waals surface area contributed by atoms with Crippen LogP contribution in [0, 0.1) is 11.8 Å². The summed E-state index contributed by atoms with van der Waals surface area (Å²) in [5.74, 6) is 1.34. The minimum absolute atomic E-state index is 0.0241. The van der Waals surface area contributed by atoms with Gasteiger partial charge in [-0.2, -0.15) is 0 Å². The van der Waals surface area contributed by atoms with Gasteiger partial charge in [-0.3, -0.25) is 0 Å². The average Bonchev–Trinajstić information content (AvgIpc) is 2.37. The molecule has 2 bridgehead atoms. The Morgan fingerprint density at radius 2 is 2.00 bits per heavy atom. The lowest BCUT2D eigenvalue weighted by Gasteiger charge is -2.49. The van der Waals surface area contributed by atoms with Crippen LogP contribution in [0.3, 0.4) is 0 Å². The molecule has 2 heteroatoms. The fraction of sp³-hybridized carbons (Fsp3) is 0.529. The van der Waals surface area contributed by atoms with Crippen LogP contribution in [-0.2, 0) is 4.74 Å². The van der Waals surface area contributed by atoms with Crippen LogP contribution in [0.4, 0.5) is 0 Å². The summed E-state index contributed by atoms with van der Waals surface area (Å²) in [5, 5.41) is 10.1. The number of rotatable bonds is 1. The molecular formula is C17H22O2. The molecule has 102 valence electrons. The van der Waals surface area contributed by atoms with E-state index in [9.17, 15) is 5.11 Å². The largest absolute Gasteiger partial charge is 0.508 e. The second kappa shape index (κ2) is 4.38. The maximum absolute atomic E-state index is 10.1. The number of phenolic OH excluding ortho intramolecular Hbond substituents is 1. The highest BCUT2D eigenvalue weighted by molar-refractivity contribution is 5.36. The van der Waals surface area contributed by atoms with Crippen molar-refractivity contribution in [2.24, 2.45) is 11.8 Å². The highest BCUT2D eigenvalue weighted by atomic mass is 16.5. The third-order valence-electron chi connectivity index (χ3n) is 4.87. The van der Waals surface area contributed by atoms with Crippen LogP contribution in [-0.4, -0.2) is 10.7 Å². The SMILES string of the molecule is CC1=CC[C@@H]2C[C@H]1[C@H](c1ccccc1O)OC2(C)C. The molecule has 0 unspecified atom stereocenters. The summed E-state index contributed by atoms with van der Waals surface area (Å²) in [5.41, 5.74) is 2.20. The molecule has 1 aliphatic carbocycles. The van der Waals surface area contributed by atoms with Gasteiger partial charge in [-0.15, -0.1) is 0 Å². The molecule has 3 atom stereocenters. The average molecular weight is 258 g/mol. The lowest BCUT2D eigenvalue weighted by molar-refractivity contribution is -0.167. The quantitative estimate of drug-likeness (QED) is 0.764. The van der Waals surface area contributed by atoms with Gasteiger partial charge in [0.25, 0.3) is 0 Å². The van der Waals surface area contributed by atoms with Crippen LogP contribution < -0.4 is 0 Å². The number of benzene rings is 1. The van der Waals surface area contributed by atoms with Crippen molar-refractivity contribution >= 4 is 0 Å². The molecule has 0 amide bonds. The summed E-state index contributed by atoms with van der Waals surface area (Å²) >= 11 is 0. The minimum Gasteiger partial charge on any atom is -0.508 e. The smallest absolute Gasteiger partial charge is 0.121 e. The highest BCUT2D eigenvalue weighted by Crippen LogP contribution is 2.52. The van der Waals surface area contributed by atoms with E-state index in [-0.39, 0.29) is 11.7 Å². The highest BCUT2D eigenvalue weighted by Gasteiger charge is 2.45. The molecule has 2 nitrogen and oxygen atoms in total. The van der Waals surface area contributed by atoms with Crippen molar-refractivity contribution in [3.8, 4) is 5.75 Å². The number of hydrogen-bond donors (Lipinski definition) is 1. The maximum Gasteiger partial charge on any atom is 0.121 e. The fourth-order valence-electron chi connectivity index (χ4n) is 3.51. The van der Waals surface area contributed by atoms with E-state index < -0.39 is 0 Å². The predicted octanol–water partition coefficient (Wildman–Crippen LogP) is 4.21. The summed E-state index contributed by atoms with van der Waals surface area (Å²) in [6.45, 7) is 6.54. The van der Waals surface area contributed by atoms with Gasteiger partial charge in [0.1, 0.15) is 5.75 Å². The van der Waals surface area contributed by atoms with E-state index in [0.717, 1.165) is 18.4 Å². The molecule has 0 aromatic heterocycles. The zero-order chi connectivity index (χ0) is 13.6. The van der Waals surface area contributed by atoms with E-state index >= 15 is 0 Å². The summed E-state index contributed by atoms with van der Waals surface area (Å²) in [4.78, 5) is 0. The molecule has 0 saturated carbocycles. The molecule has 19 heavy (non-hydrogen) atoms. The topological polar surface area (TPSA) is 29.5 Å². The van der Waals surface area contributed by atoms with Crippen LogP contribution in [0.1, 0.15) is 45.3 Å². The van der Waals surface area contributed by atoms with E-state index in [0.29, 0.717) is 17.6 Å². The van der Waals surface area contributed by atoms with Crippen LogP contribution >= 0.6 is 0 Å². The van der Waals surface area contributed by atoms with Gasteiger partial charge in [-0.05, 0) is 45.6 Å². The summed E-state index contributed by atoms with van der Waals surface area (Å²) in [6.07, 6.45) is 4.61. The molecule has 1 aliphatic heterocycles. The molecule has 3 rings (SSSR count). The van der Waals surface area contributed by atoms with E-state index in [1.807, 2.05) is 18.2 Å². The Hall–Kier alpha value is -1.28. The van der Waals surface area contributed by atoms with Crippen molar-refractivity contribution in [3.05, 3.63) is 41.5 Å². The summed E-state index contributed by atoms with van der Waals surface area (Å²) in [6, 6.07) is 7.57. The standard InChI is InChI=1S/C17H22O2/c1-11-8-9-12-10-14(11)16(19-17(12,2)3)13-6-4-5-7-15(13)18/h4-8,12,14,16,18H,9-10H2,1-3H3/t12-,14-,16+/m1/s1. The molecule has 0 radical (unpaired) electrons. The van der Waals surface area contributed by atoms with Gasteiger partial charge in [0.15, 0.2) is 0 Å². The Morgan fingerprint density at radius 3 is 2.74 bits per heavy atom. The number of fused-ring (bicyclic) bond motifs is 2. The van der Waals surface area contributed by atoms with Crippen LogP contribution in [0.15, 0.2) is 35.9 Å². The van der Waals surface area contributed by atoms with Crippen LogP contribution in [0.25, 0.3) is 0 Å². The molecule has 1 heterocycles. The third-order valence-corrected chi connectivity index (χ3v) is 4.87. The first kappa shape index (κ1) is 12.7. The van der Waals surface area contributed by atoms with Crippen molar-refractivity contribution in [1.29, 1.82) is 0 Å². The fourth-order valence-corrected chi connectivity index (χ4v) is 3.51. The van der Waals surface area contributed by atoms with Crippen LogP contribution in [0.2, 0.25) is 0 Å². The van der Waals surface area contributed by atoms with Gasteiger partial charge in [-0.25, -0.2) is 0 Å². The van der Waals surface area contributed by atoms with Crippen molar-refractivity contribution in [3.63, 3.8) is 0 Å². The first-order chi connectivity index (χ1) is 8.99.